The second-order valence-electron chi connectivity index (χ2n) is 4.83. The van der Waals surface area contributed by atoms with Crippen molar-refractivity contribution in [2.24, 2.45) is 5.73 Å². The summed E-state index contributed by atoms with van der Waals surface area (Å²) < 4.78 is 31.9. The van der Waals surface area contributed by atoms with Gasteiger partial charge in [-0.05, 0) is 31.0 Å². The summed E-state index contributed by atoms with van der Waals surface area (Å²) in [7, 11) is -2.11. The Morgan fingerprint density at radius 3 is 2.33 bits per heavy atom. The number of nitrogens with zero attached hydrogens (tertiary/aromatic N) is 1. The molecule has 0 aliphatic carbocycles. The second kappa shape index (κ2) is 5.91. The monoisotopic (exact) mass is 308 g/mol. The quantitative estimate of drug-likeness (QED) is 0.920. The summed E-state index contributed by atoms with van der Waals surface area (Å²) in [6.07, 6.45) is 0.914. The number of benzene rings is 1. The maximum atomic E-state index is 12.7. The molecule has 2 aromatic rings. The van der Waals surface area contributed by atoms with Crippen molar-refractivity contribution in [3.8, 4) is 0 Å². The molecule has 0 aliphatic rings. The third-order valence-electron chi connectivity index (χ3n) is 3.47. The first kappa shape index (κ1) is 15.6. The highest BCUT2D eigenvalue weighted by atomic mass is 32.2. The summed E-state index contributed by atoms with van der Waals surface area (Å²) in [5, 5.41) is 0. The Labute approximate surface area is 125 Å². The molecule has 6 heteroatoms. The van der Waals surface area contributed by atoms with Crippen molar-refractivity contribution in [2.45, 2.75) is 31.7 Å². The maximum Gasteiger partial charge on any atom is 0.267 e. The molecular weight excluding hydrogens is 288 g/mol. The topological polar surface area (TPSA) is 76.5 Å². The lowest BCUT2D eigenvalue weighted by atomic mass is 10.1. The van der Waals surface area contributed by atoms with E-state index in [1.54, 1.807) is 19.1 Å². The average molecular weight is 308 g/mol. The maximum absolute atomic E-state index is 12.7. The van der Waals surface area contributed by atoms with Crippen LogP contribution in [0.1, 0.15) is 24.0 Å². The van der Waals surface area contributed by atoms with Crippen molar-refractivity contribution in [1.82, 2.24) is 0 Å². The van der Waals surface area contributed by atoms with E-state index in [1.807, 2.05) is 12.1 Å². The van der Waals surface area contributed by atoms with Gasteiger partial charge in [0.05, 0.1) is 12.2 Å². The molecule has 1 heterocycles. The molecule has 5 nitrogen and oxygen atoms in total. The molecule has 0 unspecified atom stereocenters. The molecule has 0 spiro atoms. The summed E-state index contributed by atoms with van der Waals surface area (Å²) in [5.41, 5.74) is 7.27. The number of hydrogen-bond acceptors (Lipinski definition) is 4. The van der Waals surface area contributed by atoms with Gasteiger partial charge in [0.1, 0.15) is 16.4 Å². The Morgan fingerprint density at radius 1 is 1.24 bits per heavy atom. The lowest BCUT2D eigenvalue weighted by Gasteiger charge is -2.19. The van der Waals surface area contributed by atoms with Crippen LogP contribution in [0.3, 0.4) is 0 Å². The van der Waals surface area contributed by atoms with E-state index in [-0.39, 0.29) is 11.4 Å². The fourth-order valence-electron chi connectivity index (χ4n) is 2.11. The minimum Gasteiger partial charge on any atom is -0.464 e. The molecule has 0 radical (unpaired) electrons. The first-order valence-electron chi connectivity index (χ1n) is 6.77. The molecule has 0 fully saturated rings. The average Bonchev–Trinajstić information content (AvgIpc) is 2.88. The second-order valence-corrected chi connectivity index (χ2v) is 6.77. The Balaban J connectivity index is 2.39. The van der Waals surface area contributed by atoms with E-state index in [9.17, 15) is 8.42 Å². The Morgan fingerprint density at radius 2 is 1.86 bits per heavy atom. The molecule has 2 N–H and O–H groups in total. The van der Waals surface area contributed by atoms with Gasteiger partial charge in [0.15, 0.2) is 0 Å². The zero-order chi connectivity index (χ0) is 15.6. The molecular formula is C15H20N2O3S. The SMILES string of the molecule is CCc1ccc(N(C)S(=O)(=O)c2cc(CN)oc2C)cc1. The number of sulfonamides is 1. The minimum absolute atomic E-state index is 0.157. The lowest BCUT2D eigenvalue weighted by molar-refractivity contribution is 0.479. The number of nitrogens with two attached hydrogens (primary N) is 1. The highest BCUT2D eigenvalue weighted by Crippen LogP contribution is 2.26. The minimum atomic E-state index is -3.65. The number of hydrogen-bond donors (Lipinski definition) is 1. The Kier molecular flexibility index (Phi) is 4.39. The fraction of sp³-hybridized carbons (Fsp3) is 0.333. The van der Waals surface area contributed by atoms with Gasteiger partial charge < -0.3 is 10.2 Å². The smallest absolute Gasteiger partial charge is 0.267 e. The van der Waals surface area contributed by atoms with Gasteiger partial charge in [0.25, 0.3) is 10.0 Å². The highest BCUT2D eigenvalue weighted by molar-refractivity contribution is 7.92. The van der Waals surface area contributed by atoms with Gasteiger partial charge in [-0.25, -0.2) is 8.42 Å². The van der Waals surface area contributed by atoms with Gasteiger partial charge in [-0.3, -0.25) is 4.31 Å². The van der Waals surface area contributed by atoms with Crippen molar-refractivity contribution in [2.75, 3.05) is 11.4 Å². The van der Waals surface area contributed by atoms with Gasteiger partial charge in [-0.15, -0.1) is 0 Å². The molecule has 21 heavy (non-hydrogen) atoms. The largest absolute Gasteiger partial charge is 0.464 e. The molecule has 1 aromatic carbocycles. The summed E-state index contributed by atoms with van der Waals surface area (Å²) in [4.78, 5) is 0.157. The molecule has 2 rings (SSSR count). The summed E-state index contributed by atoms with van der Waals surface area (Å²) in [5.74, 6) is 0.813. The Bertz CT molecular complexity index is 718. The standard InChI is InChI=1S/C15H20N2O3S/c1-4-12-5-7-13(8-6-12)17(3)21(18,19)15-9-14(10-16)20-11(15)2/h5-9H,4,10,16H2,1-3H3. The zero-order valence-electron chi connectivity index (χ0n) is 12.5. The van der Waals surface area contributed by atoms with E-state index >= 15 is 0 Å². The van der Waals surface area contributed by atoms with E-state index in [0.717, 1.165) is 12.0 Å². The van der Waals surface area contributed by atoms with Gasteiger partial charge >= 0.3 is 0 Å². The molecule has 0 bridgehead atoms. The number of aryl methyl sites for hydroxylation is 2. The fourth-order valence-corrected chi connectivity index (χ4v) is 3.49. The zero-order valence-corrected chi connectivity index (χ0v) is 13.3. The Hall–Kier alpha value is -1.79. The van der Waals surface area contributed by atoms with Crippen molar-refractivity contribution >= 4 is 15.7 Å². The summed E-state index contributed by atoms with van der Waals surface area (Å²) >= 11 is 0. The highest BCUT2D eigenvalue weighted by Gasteiger charge is 2.26. The van der Waals surface area contributed by atoms with Crippen molar-refractivity contribution in [3.63, 3.8) is 0 Å². The van der Waals surface area contributed by atoms with Gasteiger partial charge in [-0.2, -0.15) is 0 Å². The number of anilines is 1. The van der Waals surface area contributed by atoms with Crippen LogP contribution in [0.5, 0.6) is 0 Å². The van der Waals surface area contributed by atoms with Crippen molar-refractivity contribution in [1.29, 1.82) is 0 Å². The lowest BCUT2D eigenvalue weighted by Crippen LogP contribution is -2.26. The molecule has 0 aliphatic heterocycles. The van der Waals surface area contributed by atoms with Crippen LogP contribution in [0.25, 0.3) is 0 Å². The molecule has 114 valence electrons. The van der Waals surface area contributed by atoms with Crippen LogP contribution in [0.2, 0.25) is 0 Å². The van der Waals surface area contributed by atoms with Crippen LogP contribution in [0.4, 0.5) is 5.69 Å². The molecule has 0 saturated carbocycles. The number of rotatable bonds is 5. The van der Waals surface area contributed by atoms with Crippen LogP contribution in [-0.2, 0) is 23.0 Å². The molecule has 0 amide bonds. The van der Waals surface area contributed by atoms with Gasteiger partial charge in [-0.1, -0.05) is 19.1 Å². The predicted molar refractivity (Wildman–Crippen MR) is 82.7 cm³/mol. The van der Waals surface area contributed by atoms with Crippen molar-refractivity contribution in [3.05, 3.63) is 47.4 Å². The van der Waals surface area contributed by atoms with E-state index in [2.05, 4.69) is 6.92 Å². The summed E-state index contributed by atoms with van der Waals surface area (Å²) in [6.45, 7) is 3.85. The summed E-state index contributed by atoms with van der Waals surface area (Å²) in [6, 6.07) is 8.94. The first-order chi connectivity index (χ1) is 9.90. The van der Waals surface area contributed by atoms with Crippen LogP contribution >= 0.6 is 0 Å². The number of furan rings is 1. The third-order valence-corrected chi connectivity index (χ3v) is 5.36. The van der Waals surface area contributed by atoms with E-state index in [4.69, 9.17) is 10.2 Å². The van der Waals surface area contributed by atoms with Crippen LogP contribution in [0.15, 0.2) is 39.6 Å². The van der Waals surface area contributed by atoms with Crippen LogP contribution < -0.4 is 10.0 Å². The molecule has 0 atom stereocenters. The van der Waals surface area contributed by atoms with E-state index in [0.29, 0.717) is 17.2 Å². The third kappa shape index (κ3) is 2.96. The van der Waals surface area contributed by atoms with E-state index < -0.39 is 10.0 Å². The van der Waals surface area contributed by atoms with Crippen molar-refractivity contribution < 1.29 is 12.8 Å². The first-order valence-corrected chi connectivity index (χ1v) is 8.21. The normalized spacial score (nSPS) is 11.6. The van der Waals surface area contributed by atoms with Crippen LogP contribution in [0, 0.1) is 6.92 Å². The molecule has 0 saturated heterocycles. The van der Waals surface area contributed by atoms with Gasteiger partial charge in [0.2, 0.25) is 0 Å². The van der Waals surface area contributed by atoms with Gasteiger partial charge in [0, 0.05) is 13.1 Å². The van der Waals surface area contributed by atoms with E-state index in [1.165, 1.54) is 17.4 Å². The van der Waals surface area contributed by atoms with Crippen LogP contribution in [-0.4, -0.2) is 15.5 Å². The molecule has 1 aromatic heterocycles. The predicted octanol–water partition coefficient (Wildman–Crippen LogP) is 2.43.